The van der Waals surface area contributed by atoms with Crippen LogP contribution in [0.5, 0.6) is 0 Å². The van der Waals surface area contributed by atoms with E-state index < -0.39 is 0 Å². The van der Waals surface area contributed by atoms with Crippen molar-refractivity contribution >= 4 is 17.7 Å². The number of thioether (sulfide) groups is 1. The zero-order valence-electron chi connectivity index (χ0n) is 11.0. The highest BCUT2D eigenvalue weighted by molar-refractivity contribution is 7.99. The predicted octanol–water partition coefficient (Wildman–Crippen LogP) is 2.38. The SMILES string of the molecule is NC1C=CC(C(=O)NC2CCSc3ccc(F)cc32)C1. The highest BCUT2D eigenvalue weighted by atomic mass is 32.2. The molecule has 0 saturated carbocycles. The molecule has 3 atom stereocenters. The zero-order chi connectivity index (χ0) is 14.1. The summed E-state index contributed by atoms with van der Waals surface area (Å²) in [6, 6.07) is 4.66. The number of hydrogen-bond donors (Lipinski definition) is 2. The van der Waals surface area contributed by atoms with Crippen molar-refractivity contribution in [2.24, 2.45) is 11.7 Å². The van der Waals surface area contributed by atoms with E-state index in [-0.39, 0.29) is 29.7 Å². The normalized spacial score (nSPS) is 28.2. The molecule has 3 unspecified atom stereocenters. The van der Waals surface area contributed by atoms with E-state index in [1.54, 1.807) is 17.8 Å². The molecule has 1 aromatic rings. The molecule has 1 aromatic carbocycles. The Morgan fingerprint density at radius 2 is 2.25 bits per heavy atom. The van der Waals surface area contributed by atoms with E-state index in [2.05, 4.69) is 5.32 Å². The van der Waals surface area contributed by atoms with E-state index in [1.165, 1.54) is 12.1 Å². The third-order valence-corrected chi connectivity index (χ3v) is 4.90. The number of halogens is 1. The standard InChI is InChI=1S/C15H17FN2OS/c16-10-2-4-14-12(8-10)13(5-6-20-14)18-15(19)9-1-3-11(17)7-9/h1-4,8-9,11,13H,5-7,17H2,(H,18,19). The van der Waals surface area contributed by atoms with Gasteiger partial charge in [-0.2, -0.15) is 0 Å². The molecular weight excluding hydrogens is 275 g/mol. The first-order chi connectivity index (χ1) is 9.63. The average molecular weight is 292 g/mol. The lowest BCUT2D eigenvalue weighted by Gasteiger charge is -2.27. The molecule has 1 aliphatic heterocycles. The molecule has 106 valence electrons. The summed E-state index contributed by atoms with van der Waals surface area (Å²) < 4.78 is 13.4. The molecule has 0 bridgehead atoms. The largest absolute Gasteiger partial charge is 0.349 e. The summed E-state index contributed by atoms with van der Waals surface area (Å²) in [6.07, 6.45) is 5.22. The van der Waals surface area contributed by atoms with Gasteiger partial charge in [-0.3, -0.25) is 4.79 Å². The number of nitrogens with one attached hydrogen (secondary N) is 1. The van der Waals surface area contributed by atoms with Crippen molar-refractivity contribution in [1.82, 2.24) is 5.32 Å². The molecule has 0 radical (unpaired) electrons. The van der Waals surface area contributed by atoms with Crippen LogP contribution in [0.1, 0.15) is 24.4 Å². The van der Waals surface area contributed by atoms with Crippen LogP contribution < -0.4 is 11.1 Å². The molecule has 20 heavy (non-hydrogen) atoms. The minimum absolute atomic E-state index is 0.0127. The van der Waals surface area contributed by atoms with Crippen molar-refractivity contribution in [1.29, 1.82) is 0 Å². The maximum atomic E-state index is 13.4. The number of amides is 1. The first kappa shape index (κ1) is 13.6. The molecule has 0 saturated heterocycles. The summed E-state index contributed by atoms with van der Waals surface area (Å²) in [4.78, 5) is 13.3. The molecule has 2 aliphatic rings. The Balaban J connectivity index is 1.74. The first-order valence-corrected chi connectivity index (χ1v) is 7.78. The number of benzene rings is 1. The fourth-order valence-electron chi connectivity index (χ4n) is 2.72. The highest BCUT2D eigenvalue weighted by Crippen LogP contribution is 2.36. The molecule has 0 spiro atoms. The Morgan fingerprint density at radius 1 is 1.40 bits per heavy atom. The van der Waals surface area contributed by atoms with Crippen molar-refractivity contribution in [3.05, 3.63) is 41.7 Å². The van der Waals surface area contributed by atoms with Gasteiger partial charge in [-0.25, -0.2) is 4.39 Å². The van der Waals surface area contributed by atoms with Gasteiger partial charge < -0.3 is 11.1 Å². The highest BCUT2D eigenvalue weighted by Gasteiger charge is 2.27. The second-order valence-corrected chi connectivity index (χ2v) is 6.41. The van der Waals surface area contributed by atoms with Gasteiger partial charge in [-0.05, 0) is 36.6 Å². The van der Waals surface area contributed by atoms with Gasteiger partial charge in [0, 0.05) is 16.7 Å². The Morgan fingerprint density at radius 3 is 3.00 bits per heavy atom. The van der Waals surface area contributed by atoms with E-state index >= 15 is 0 Å². The van der Waals surface area contributed by atoms with Gasteiger partial charge in [-0.1, -0.05) is 12.2 Å². The Kier molecular flexibility index (Phi) is 3.81. The monoisotopic (exact) mass is 292 g/mol. The zero-order valence-corrected chi connectivity index (χ0v) is 11.8. The van der Waals surface area contributed by atoms with E-state index in [1.807, 2.05) is 12.2 Å². The predicted molar refractivity (Wildman–Crippen MR) is 77.8 cm³/mol. The van der Waals surface area contributed by atoms with E-state index in [9.17, 15) is 9.18 Å². The van der Waals surface area contributed by atoms with Crippen LogP contribution in [0.25, 0.3) is 0 Å². The van der Waals surface area contributed by atoms with Crippen LogP contribution in [0, 0.1) is 11.7 Å². The topological polar surface area (TPSA) is 55.1 Å². The summed E-state index contributed by atoms with van der Waals surface area (Å²) in [6.45, 7) is 0. The number of carbonyl (C=O) groups is 1. The molecule has 5 heteroatoms. The third kappa shape index (κ3) is 2.74. The molecule has 0 fully saturated rings. The fraction of sp³-hybridized carbons (Fsp3) is 0.400. The van der Waals surface area contributed by atoms with Crippen molar-refractivity contribution in [2.45, 2.75) is 29.8 Å². The third-order valence-electron chi connectivity index (χ3n) is 3.78. The molecule has 1 aliphatic carbocycles. The van der Waals surface area contributed by atoms with Crippen LogP contribution in [-0.2, 0) is 4.79 Å². The van der Waals surface area contributed by atoms with Gasteiger partial charge in [-0.15, -0.1) is 11.8 Å². The molecule has 1 heterocycles. The Bertz CT molecular complexity index is 561. The van der Waals surface area contributed by atoms with Gasteiger partial charge in [0.1, 0.15) is 5.82 Å². The minimum atomic E-state index is -0.256. The molecule has 3 nitrogen and oxygen atoms in total. The smallest absolute Gasteiger partial charge is 0.227 e. The van der Waals surface area contributed by atoms with Crippen molar-refractivity contribution in [2.75, 3.05) is 5.75 Å². The first-order valence-electron chi connectivity index (χ1n) is 6.80. The van der Waals surface area contributed by atoms with Crippen LogP contribution in [0.15, 0.2) is 35.2 Å². The van der Waals surface area contributed by atoms with Crippen LogP contribution in [-0.4, -0.2) is 17.7 Å². The van der Waals surface area contributed by atoms with E-state index in [0.29, 0.717) is 6.42 Å². The lowest BCUT2D eigenvalue weighted by Crippen LogP contribution is -2.35. The second kappa shape index (κ2) is 5.58. The number of carbonyl (C=O) groups excluding carboxylic acids is 1. The van der Waals surface area contributed by atoms with Crippen LogP contribution in [0.2, 0.25) is 0 Å². The lowest BCUT2D eigenvalue weighted by atomic mass is 10.0. The van der Waals surface area contributed by atoms with Gasteiger partial charge in [0.2, 0.25) is 5.91 Å². The quantitative estimate of drug-likeness (QED) is 0.823. The van der Waals surface area contributed by atoms with Crippen molar-refractivity contribution in [3.8, 4) is 0 Å². The maximum absolute atomic E-state index is 13.4. The maximum Gasteiger partial charge on any atom is 0.227 e. The number of nitrogens with two attached hydrogens (primary N) is 1. The van der Waals surface area contributed by atoms with E-state index in [0.717, 1.165) is 22.6 Å². The Labute approximate surface area is 121 Å². The van der Waals surface area contributed by atoms with Gasteiger partial charge in [0.15, 0.2) is 0 Å². The minimum Gasteiger partial charge on any atom is -0.349 e. The van der Waals surface area contributed by atoms with Crippen molar-refractivity contribution < 1.29 is 9.18 Å². The molecule has 0 aromatic heterocycles. The summed E-state index contributed by atoms with van der Waals surface area (Å²) in [5.41, 5.74) is 6.66. The molecule has 3 N–H and O–H groups in total. The number of rotatable bonds is 2. The molecule has 1 amide bonds. The Hall–Kier alpha value is -1.33. The summed E-state index contributed by atoms with van der Waals surface area (Å²) in [5, 5.41) is 3.04. The van der Waals surface area contributed by atoms with Gasteiger partial charge in [0.05, 0.1) is 12.0 Å². The summed E-state index contributed by atoms with van der Waals surface area (Å²) >= 11 is 1.71. The fourth-order valence-corrected chi connectivity index (χ4v) is 3.82. The lowest BCUT2D eigenvalue weighted by molar-refractivity contribution is -0.124. The van der Waals surface area contributed by atoms with Gasteiger partial charge in [0.25, 0.3) is 0 Å². The van der Waals surface area contributed by atoms with Crippen LogP contribution >= 0.6 is 11.8 Å². The van der Waals surface area contributed by atoms with Crippen LogP contribution in [0.4, 0.5) is 4.39 Å². The summed E-state index contributed by atoms with van der Waals surface area (Å²) in [5.74, 6) is 0.509. The molecular formula is C15H17FN2OS. The summed E-state index contributed by atoms with van der Waals surface area (Å²) in [7, 11) is 0. The van der Waals surface area contributed by atoms with Crippen molar-refractivity contribution in [3.63, 3.8) is 0 Å². The van der Waals surface area contributed by atoms with Crippen LogP contribution in [0.3, 0.4) is 0 Å². The van der Waals surface area contributed by atoms with Gasteiger partial charge >= 0.3 is 0 Å². The number of fused-ring (bicyclic) bond motifs is 1. The molecule has 3 rings (SSSR count). The van der Waals surface area contributed by atoms with E-state index in [4.69, 9.17) is 5.73 Å². The second-order valence-electron chi connectivity index (χ2n) is 5.27. The number of hydrogen-bond acceptors (Lipinski definition) is 3. The average Bonchev–Trinajstić information content (AvgIpc) is 2.86.